The van der Waals surface area contributed by atoms with Gasteiger partial charge in [-0.25, -0.2) is 4.98 Å². The van der Waals surface area contributed by atoms with Crippen LogP contribution in [0.15, 0.2) is 58.5 Å². The SMILES string of the molecule is CCN1CCc2c(sc3nc(SCc4ccccc4Cl)n(-c4ccc(OC)cc4)c(=O)c23)C1. The molecule has 0 amide bonds. The van der Waals surface area contributed by atoms with Crippen molar-refractivity contribution >= 4 is 44.9 Å². The zero-order valence-electron chi connectivity index (χ0n) is 18.5. The van der Waals surface area contributed by atoms with E-state index in [0.717, 1.165) is 58.3 Å². The zero-order valence-corrected chi connectivity index (χ0v) is 20.9. The molecule has 2 aromatic carbocycles. The lowest BCUT2D eigenvalue weighted by atomic mass is 10.1. The summed E-state index contributed by atoms with van der Waals surface area (Å²) < 4.78 is 7.05. The Hall–Kier alpha value is -2.32. The van der Waals surface area contributed by atoms with Crippen molar-refractivity contribution in [3.05, 3.63) is 79.9 Å². The largest absolute Gasteiger partial charge is 0.497 e. The lowest BCUT2D eigenvalue weighted by molar-refractivity contribution is 0.272. The second kappa shape index (κ2) is 9.50. The molecule has 0 fully saturated rings. The highest BCUT2D eigenvalue weighted by molar-refractivity contribution is 7.98. The topological polar surface area (TPSA) is 47.4 Å². The predicted octanol–water partition coefficient (Wildman–Crippen LogP) is 5.78. The van der Waals surface area contributed by atoms with E-state index >= 15 is 0 Å². The summed E-state index contributed by atoms with van der Waals surface area (Å²) in [4.78, 5) is 23.4. The van der Waals surface area contributed by atoms with E-state index in [1.807, 2.05) is 48.5 Å². The number of halogens is 1. The van der Waals surface area contributed by atoms with E-state index in [4.69, 9.17) is 21.3 Å². The van der Waals surface area contributed by atoms with Gasteiger partial charge in [-0.1, -0.05) is 48.5 Å². The number of hydrogen-bond acceptors (Lipinski definition) is 6. The number of benzene rings is 2. The number of rotatable bonds is 6. The van der Waals surface area contributed by atoms with Gasteiger partial charge in [0.2, 0.25) is 0 Å². The number of thioether (sulfide) groups is 1. The molecule has 33 heavy (non-hydrogen) atoms. The van der Waals surface area contributed by atoms with Gasteiger partial charge in [-0.3, -0.25) is 14.3 Å². The first kappa shape index (κ1) is 22.5. The summed E-state index contributed by atoms with van der Waals surface area (Å²) >= 11 is 9.57. The molecule has 0 N–H and O–H groups in total. The van der Waals surface area contributed by atoms with Gasteiger partial charge in [0.25, 0.3) is 5.56 Å². The van der Waals surface area contributed by atoms with Crippen molar-refractivity contribution < 1.29 is 4.74 Å². The van der Waals surface area contributed by atoms with Gasteiger partial charge < -0.3 is 4.74 Å². The van der Waals surface area contributed by atoms with Gasteiger partial charge in [0, 0.05) is 28.7 Å². The maximum absolute atomic E-state index is 13.9. The summed E-state index contributed by atoms with van der Waals surface area (Å²) in [6, 6.07) is 15.3. The molecule has 5 rings (SSSR count). The maximum Gasteiger partial charge on any atom is 0.267 e. The molecule has 1 aliphatic heterocycles. The quantitative estimate of drug-likeness (QED) is 0.249. The minimum atomic E-state index is -0.00530. The van der Waals surface area contributed by atoms with E-state index in [-0.39, 0.29) is 5.56 Å². The van der Waals surface area contributed by atoms with Gasteiger partial charge in [-0.15, -0.1) is 11.3 Å². The molecule has 8 heteroatoms. The molecule has 2 aromatic heterocycles. The monoisotopic (exact) mass is 497 g/mol. The van der Waals surface area contributed by atoms with Crippen molar-refractivity contribution in [2.45, 2.75) is 30.8 Å². The molecule has 170 valence electrons. The molecule has 0 aliphatic carbocycles. The Labute approximate surface area is 206 Å². The summed E-state index contributed by atoms with van der Waals surface area (Å²) in [7, 11) is 1.64. The molecule has 3 heterocycles. The first-order valence-electron chi connectivity index (χ1n) is 10.9. The molecule has 0 atom stereocenters. The summed E-state index contributed by atoms with van der Waals surface area (Å²) in [5.74, 6) is 1.38. The molecule has 0 unspecified atom stereocenters. The second-order valence-electron chi connectivity index (χ2n) is 7.92. The average molecular weight is 498 g/mol. The van der Waals surface area contributed by atoms with Crippen LogP contribution in [0.1, 0.15) is 22.9 Å². The number of aromatic nitrogens is 2. The van der Waals surface area contributed by atoms with Crippen LogP contribution in [-0.4, -0.2) is 34.7 Å². The molecule has 4 aromatic rings. The third-order valence-electron chi connectivity index (χ3n) is 6.02. The fourth-order valence-corrected chi connectivity index (χ4v) is 6.76. The molecule has 5 nitrogen and oxygen atoms in total. The molecule has 0 radical (unpaired) electrons. The molecule has 0 saturated carbocycles. The van der Waals surface area contributed by atoms with Crippen LogP contribution in [0.4, 0.5) is 0 Å². The summed E-state index contributed by atoms with van der Waals surface area (Å²) in [5, 5.41) is 2.16. The van der Waals surface area contributed by atoms with Crippen molar-refractivity contribution in [3.63, 3.8) is 0 Å². The van der Waals surface area contributed by atoms with Crippen LogP contribution < -0.4 is 10.3 Å². The van der Waals surface area contributed by atoms with Crippen molar-refractivity contribution in [1.29, 1.82) is 0 Å². The number of methoxy groups -OCH3 is 1. The van der Waals surface area contributed by atoms with Crippen molar-refractivity contribution in [2.75, 3.05) is 20.2 Å². The number of thiophene rings is 1. The Morgan fingerprint density at radius 2 is 1.97 bits per heavy atom. The molecule has 0 saturated heterocycles. The second-order valence-corrected chi connectivity index (χ2v) is 10.3. The number of ether oxygens (including phenoxy) is 1. The Bertz CT molecular complexity index is 1360. The standard InChI is InChI=1S/C25H24ClN3O2S2/c1-3-28-13-12-19-21(14-28)33-23-22(19)24(30)29(17-8-10-18(31-2)11-9-17)25(27-23)32-15-16-6-4-5-7-20(16)26/h4-11H,3,12-15H2,1-2H3. The van der Waals surface area contributed by atoms with E-state index in [0.29, 0.717) is 10.9 Å². The molecule has 0 spiro atoms. The lowest BCUT2D eigenvalue weighted by Crippen LogP contribution is -2.30. The first-order chi connectivity index (χ1) is 16.1. The third kappa shape index (κ3) is 4.30. The van der Waals surface area contributed by atoms with Crippen LogP contribution in [0.2, 0.25) is 5.02 Å². The maximum atomic E-state index is 13.9. The zero-order chi connectivity index (χ0) is 22.9. The van der Waals surface area contributed by atoms with Gasteiger partial charge in [-0.2, -0.15) is 0 Å². The highest BCUT2D eigenvalue weighted by atomic mass is 35.5. The number of fused-ring (bicyclic) bond motifs is 3. The lowest BCUT2D eigenvalue weighted by Gasteiger charge is -2.25. The average Bonchev–Trinajstić information content (AvgIpc) is 3.21. The van der Waals surface area contributed by atoms with Gasteiger partial charge in [0.1, 0.15) is 10.6 Å². The van der Waals surface area contributed by atoms with Gasteiger partial charge in [0.15, 0.2) is 5.16 Å². The number of hydrogen-bond donors (Lipinski definition) is 0. The Kier molecular flexibility index (Phi) is 6.47. The van der Waals surface area contributed by atoms with Gasteiger partial charge in [0.05, 0.1) is 18.2 Å². The van der Waals surface area contributed by atoms with Crippen LogP contribution in [0.3, 0.4) is 0 Å². The molecular formula is C25H24ClN3O2S2. The first-order valence-corrected chi connectivity index (χ1v) is 13.1. The van der Waals surface area contributed by atoms with Crippen molar-refractivity contribution in [3.8, 4) is 11.4 Å². The number of likely N-dealkylation sites (N-methyl/N-ethyl adjacent to an activating group) is 1. The highest BCUT2D eigenvalue weighted by Gasteiger charge is 2.25. The molecule has 1 aliphatic rings. The Morgan fingerprint density at radius 1 is 1.18 bits per heavy atom. The van der Waals surface area contributed by atoms with Crippen LogP contribution >= 0.6 is 34.7 Å². The summed E-state index contributed by atoms with van der Waals surface area (Å²) in [5.41, 5.74) is 2.96. The van der Waals surface area contributed by atoms with E-state index in [2.05, 4.69) is 11.8 Å². The molecule has 0 bridgehead atoms. The van der Waals surface area contributed by atoms with Crippen LogP contribution in [0.5, 0.6) is 5.75 Å². The van der Waals surface area contributed by atoms with E-state index in [1.165, 1.54) is 22.2 Å². The fourth-order valence-electron chi connectivity index (χ4n) is 4.16. The minimum absolute atomic E-state index is 0.00530. The van der Waals surface area contributed by atoms with E-state index in [1.54, 1.807) is 23.0 Å². The fraction of sp³-hybridized carbons (Fsp3) is 0.280. The van der Waals surface area contributed by atoms with Crippen LogP contribution in [-0.2, 0) is 18.7 Å². The third-order valence-corrected chi connectivity index (χ3v) is 8.48. The van der Waals surface area contributed by atoms with E-state index in [9.17, 15) is 4.79 Å². The summed E-state index contributed by atoms with van der Waals surface area (Å²) in [6.45, 7) is 5.05. The normalized spacial score (nSPS) is 13.9. The Morgan fingerprint density at radius 3 is 2.70 bits per heavy atom. The van der Waals surface area contributed by atoms with Gasteiger partial charge in [-0.05, 0) is 54.4 Å². The van der Waals surface area contributed by atoms with Crippen LogP contribution in [0.25, 0.3) is 15.9 Å². The van der Waals surface area contributed by atoms with Gasteiger partial charge >= 0.3 is 0 Å². The highest BCUT2D eigenvalue weighted by Crippen LogP contribution is 2.35. The summed E-state index contributed by atoms with van der Waals surface area (Å²) in [6.07, 6.45) is 0.884. The van der Waals surface area contributed by atoms with Crippen molar-refractivity contribution in [2.24, 2.45) is 0 Å². The van der Waals surface area contributed by atoms with E-state index < -0.39 is 0 Å². The number of nitrogens with zero attached hydrogens (tertiary/aromatic N) is 3. The van der Waals surface area contributed by atoms with Crippen molar-refractivity contribution in [1.82, 2.24) is 14.5 Å². The smallest absolute Gasteiger partial charge is 0.267 e. The minimum Gasteiger partial charge on any atom is -0.497 e. The van der Waals surface area contributed by atoms with Crippen LogP contribution in [0, 0.1) is 0 Å². The molecular weight excluding hydrogens is 474 g/mol. The predicted molar refractivity (Wildman–Crippen MR) is 137 cm³/mol. The Balaban J connectivity index is 1.64.